The molecule has 2 aromatic carbocycles. The van der Waals surface area contributed by atoms with Crippen molar-refractivity contribution in [1.82, 2.24) is 4.98 Å². The molecule has 202 valence electrons. The molecular weight excluding hydrogens is 513 g/mol. The maximum Gasteiger partial charge on any atom is 0.292 e. The van der Waals surface area contributed by atoms with Crippen LogP contribution in [-0.2, 0) is 4.79 Å². The lowest BCUT2D eigenvalue weighted by Crippen LogP contribution is -2.40. The Bertz CT molecular complexity index is 1610. The number of benzene rings is 2. The van der Waals surface area contributed by atoms with Crippen molar-refractivity contribution in [3.63, 3.8) is 0 Å². The van der Waals surface area contributed by atoms with Crippen molar-refractivity contribution in [2.24, 2.45) is 11.7 Å². The zero-order valence-corrected chi connectivity index (χ0v) is 21.4. The fourth-order valence-electron chi connectivity index (χ4n) is 4.90. The molecule has 10 heteroatoms. The molecule has 40 heavy (non-hydrogen) atoms. The maximum absolute atomic E-state index is 13.7. The van der Waals surface area contributed by atoms with Crippen LogP contribution in [0.15, 0.2) is 71.3 Å². The third kappa shape index (κ3) is 5.55. The predicted octanol–water partition coefficient (Wildman–Crippen LogP) is 5.43. The molecule has 5 N–H and O–H groups in total. The number of nitrogens with two attached hydrogens (primary N) is 1. The van der Waals surface area contributed by atoms with Gasteiger partial charge in [-0.1, -0.05) is 25.0 Å². The van der Waals surface area contributed by atoms with Gasteiger partial charge < -0.3 is 25.9 Å². The van der Waals surface area contributed by atoms with Gasteiger partial charge >= 0.3 is 0 Å². The molecule has 5 rings (SSSR count). The van der Waals surface area contributed by atoms with Crippen LogP contribution >= 0.6 is 0 Å². The lowest BCUT2D eigenvalue weighted by atomic mass is 9.84. The Balaban J connectivity index is 1.57. The van der Waals surface area contributed by atoms with E-state index < -0.39 is 11.7 Å². The third-order valence-electron chi connectivity index (χ3n) is 6.94. The Morgan fingerprint density at radius 1 is 1.05 bits per heavy atom. The normalized spacial score (nSPS) is 16.6. The summed E-state index contributed by atoms with van der Waals surface area (Å²) in [7, 11) is 0. The number of hydrogen-bond donors (Lipinski definition) is 4. The van der Waals surface area contributed by atoms with Gasteiger partial charge in [-0.05, 0) is 60.9 Å². The van der Waals surface area contributed by atoms with Gasteiger partial charge in [-0.15, -0.1) is 0 Å². The van der Waals surface area contributed by atoms with E-state index in [1.807, 2.05) is 0 Å². The first kappa shape index (κ1) is 26.6. The summed E-state index contributed by atoms with van der Waals surface area (Å²) in [6, 6.07) is 16.8. The molecule has 2 amide bonds. The van der Waals surface area contributed by atoms with Crippen LogP contribution in [0.2, 0.25) is 0 Å². The van der Waals surface area contributed by atoms with Gasteiger partial charge in [0, 0.05) is 28.9 Å². The second-order valence-corrected chi connectivity index (χ2v) is 9.61. The van der Waals surface area contributed by atoms with Crippen molar-refractivity contribution in [2.45, 2.75) is 31.7 Å². The minimum atomic E-state index is -0.636. The Hall–Kier alpha value is -5.01. The van der Waals surface area contributed by atoms with E-state index in [2.05, 4.69) is 21.7 Å². The minimum absolute atomic E-state index is 0.00732. The van der Waals surface area contributed by atoms with E-state index in [0.29, 0.717) is 16.8 Å². The van der Waals surface area contributed by atoms with Crippen molar-refractivity contribution < 1.29 is 23.5 Å². The number of halogens is 1. The first-order valence-electron chi connectivity index (χ1n) is 12.8. The Kier molecular flexibility index (Phi) is 7.57. The first-order valence-corrected chi connectivity index (χ1v) is 12.8. The maximum atomic E-state index is 13.7. The number of nitriles is 1. The molecule has 2 atom stereocenters. The molecule has 2 heterocycles. The van der Waals surface area contributed by atoms with E-state index in [9.17, 15) is 24.3 Å². The van der Waals surface area contributed by atoms with Crippen LogP contribution < -0.4 is 16.4 Å². The van der Waals surface area contributed by atoms with E-state index in [4.69, 9.17) is 10.2 Å². The smallest absolute Gasteiger partial charge is 0.292 e. The van der Waals surface area contributed by atoms with Crippen LogP contribution in [0.1, 0.15) is 41.8 Å². The number of nitrogens with zero attached hydrogens (tertiary/aromatic N) is 2. The van der Waals surface area contributed by atoms with Crippen LogP contribution in [0.3, 0.4) is 0 Å². The number of carbonyl (C=O) groups excluding carboxylic acids is 2. The van der Waals surface area contributed by atoms with E-state index >= 15 is 0 Å². The number of hydrogen-bond acceptors (Lipinski definition) is 7. The van der Waals surface area contributed by atoms with Crippen LogP contribution in [0, 0.1) is 23.1 Å². The Morgan fingerprint density at radius 3 is 2.60 bits per heavy atom. The molecule has 0 aliphatic heterocycles. The molecule has 1 fully saturated rings. The SMILES string of the molecule is N#Cc1c(-c2cccc(NC(=O)C3CCCC[C@@H]3N)c2)cc(-c2ccc(F)cc2O)nc1NC(=O)c1ccco1. The van der Waals surface area contributed by atoms with E-state index in [1.165, 1.54) is 24.5 Å². The number of phenolic OH excluding ortho intramolecular Hbond substituents is 1. The second-order valence-electron chi connectivity index (χ2n) is 9.61. The molecule has 1 unspecified atom stereocenters. The summed E-state index contributed by atoms with van der Waals surface area (Å²) in [6.45, 7) is 0. The van der Waals surface area contributed by atoms with Crippen molar-refractivity contribution in [3.8, 4) is 34.2 Å². The van der Waals surface area contributed by atoms with Crippen molar-refractivity contribution >= 4 is 23.3 Å². The minimum Gasteiger partial charge on any atom is -0.507 e. The molecule has 0 spiro atoms. The largest absolute Gasteiger partial charge is 0.507 e. The third-order valence-corrected chi connectivity index (χ3v) is 6.94. The fourth-order valence-corrected chi connectivity index (χ4v) is 4.90. The van der Waals surface area contributed by atoms with Crippen molar-refractivity contribution in [2.75, 3.05) is 10.6 Å². The molecular formula is C30H26FN5O4. The molecule has 4 aromatic rings. The number of carbonyl (C=O) groups is 2. The number of aromatic hydroxyl groups is 1. The first-order chi connectivity index (χ1) is 19.3. The summed E-state index contributed by atoms with van der Waals surface area (Å²) in [6.07, 6.45) is 4.81. The van der Waals surface area contributed by atoms with Gasteiger partial charge in [0.15, 0.2) is 11.6 Å². The highest BCUT2D eigenvalue weighted by atomic mass is 19.1. The van der Waals surface area contributed by atoms with E-state index in [0.717, 1.165) is 31.7 Å². The average molecular weight is 540 g/mol. The van der Waals surface area contributed by atoms with Crippen molar-refractivity contribution in [1.29, 1.82) is 5.26 Å². The molecule has 0 bridgehead atoms. The summed E-state index contributed by atoms with van der Waals surface area (Å²) in [5.41, 5.74) is 8.03. The summed E-state index contributed by atoms with van der Waals surface area (Å²) in [5, 5.41) is 26.1. The van der Waals surface area contributed by atoms with Gasteiger partial charge in [0.25, 0.3) is 5.91 Å². The number of furan rings is 1. The quantitative estimate of drug-likeness (QED) is 0.255. The van der Waals surface area contributed by atoms with Crippen molar-refractivity contribution in [3.05, 3.63) is 84.1 Å². The van der Waals surface area contributed by atoms with Gasteiger partial charge in [0.1, 0.15) is 23.2 Å². The Labute approximate surface area is 229 Å². The highest BCUT2D eigenvalue weighted by Gasteiger charge is 2.28. The number of amides is 2. The van der Waals surface area contributed by atoms with Gasteiger partial charge in [-0.25, -0.2) is 9.37 Å². The summed E-state index contributed by atoms with van der Waals surface area (Å²) < 4.78 is 18.9. The number of pyridine rings is 1. The molecule has 2 aromatic heterocycles. The number of rotatable bonds is 6. The van der Waals surface area contributed by atoms with Crippen LogP contribution in [0.25, 0.3) is 22.4 Å². The summed E-state index contributed by atoms with van der Waals surface area (Å²) in [4.78, 5) is 30.2. The lowest BCUT2D eigenvalue weighted by Gasteiger charge is -2.27. The van der Waals surface area contributed by atoms with E-state index in [-0.39, 0.29) is 52.0 Å². The highest BCUT2D eigenvalue weighted by molar-refractivity contribution is 6.03. The molecule has 1 aliphatic carbocycles. The number of aromatic nitrogens is 1. The van der Waals surface area contributed by atoms with Crippen LogP contribution in [0.4, 0.5) is 15.9 Å². The monoisotopic (exact) mass is 539 g/mol. The van der Waals surface area contributed by atoms with Gasteiger partial charge in [-0.2, -0.15) is 5.26 Å². The fraction of sp³-hybridized carbons (Fsp3) is 0.200. The van der Waals surface area contributed by atoms with Gasteiger partial charge in [0.2, 0.25) is 5.91 Å². The van der Waals surface area contributed by atoms with Crippen LogP contribution in [-0.4, -0.2) is 27.9 Å². The molecule has 1 saturated carbocycles. The van der Waals surface area contributed by atoms with Gasteiger partial charge in [0.05, 0.1) is 17.9 Å². The van der Waals surface area contributed by atoms with Gasteiger partial charge in [-0.3, -0.25) is 9.59 Å². The zero-order chi connectivity index (χ0) is 28.2. The number of anilines is 2. The second kappa shape index (κ2) is 11.4. The van der Waals surface area contributed by atoms with E-state index in [1.54, 1.807) is 36.4 Å². The molecule has 0 saturated heterocycles. The molecule has 0 radical (unpaired) electrons. The number of phenols is 1. The average Bonchev–Trinajstić information content (AvgIpc) is 3.48. The summed E-state index contributed by atoms with van der Waals surface area (Å²) >= 11 is 0. The lowest BCUT2D eigenvalue weighted by molar-refractivity contribution is -0.121. The topological polar surface area (TPSA) is 154 Å². The zero-order valence-electron chi connectivity index (χ0n) is 21.4. The summed E-state index contributed by atoms with van der Waals surface area (Å²) in [5.74, 6) is -2.16. The molecule has 9 nitrogen and oxygen atoms in total. The Morgan fingerprint density at radius 2 is 1.88 bits per heavy atom. The number of nitrogens with one attached hydrogen (secondary N) is 2. The molecule has 1 aliphatic rings. The van der Waals surface area contributed by atoms with Crippen LogP contribution in [0.5, 0.6) is 5.75 Å². The highest BCUT2D eigenvalue weighted by Crippen LogP contribution is 2.37. The predicted molar refractivity (Wildman–Crippen MR) is 147 cm³/mol. The standard InChI is InChI=1S/C30H26FN5O4/c31-18-10-11-21(26(37)14-18)25-15-22(23(16-32)28(35-25)36-30(39)27-9-4-12-40-27)17-5-3-6-19(13-17)34-29(38)20-7-1-2-8-24(20)33/h3-6,9-15,20,24,37H,1-2,7-8,33H2,(H,34,38)(H,35,36,39)/t20?,24-/m0/s1.